The fourth-order valence-electron chi connectivity index (χ4n) is 6.26. The number of benzene rings is 2. The van der Waals surface area contributed by atoms with E-state index in [1.54, 1.807) is 0 Å². The zero-order valence-electron chi connectivity index (χ0n) is 21.3. The third-order valence-electron chi connectivity index (χ3n) is 7.78. The average molecular weight is 661 g/mol. The van der Waals surface area contributed by atoms with Crippen LogP contribution in [-0.4, -0.2) is 77.0 Å². The van der Waals surface area contributed by atoms with Gasteiger partial charge in [0.15, 0.2) is 0 Å². The summed E-state index contributed by atoms with van der Waals surface area (Å²) in [5.74, 6) is -6.68. The van der Waals surface area contributed by atoms with E-state index < -0.39 is 87.8 Å². The molecule has 4 aliphatic rings. The maximum absolute atomic E-state index is 13.1. The molecule has 4 fully saturated rings. The molecule has 222 valence electrons. The quantitative estimate of drug-likeness (QED) is 0.243. The number of hydrogen-bond acceptors (Lipinski definition) is 14. The highest BCUT2D eigenvalue weighted by molar-refractivity contribution is 8.14. The number of fused-ring (bicyclic) bond motifs is 5. The van der Waals surface area contributed by atoms with Gasteiger partial charge in [-0.1, -0.05) is 12.1 Å². The summed E-state index contributed by atoms with van der Waals surface area (Å²) in [5.41, 5.74) is 0.258. The number of halogens is 2. The molecular formula is C24H18Cl2N2O12S2. The number of carbonyl (C=O) groups excluding carboxylic acids is 4. The zero-order valence-corrected chi connectivity index (χ0v) is 24.4. The number of rotatable bonds is 6. The molecule has 4 aliphatic heterocycles. The summed E-state index contributed by atoms with van der Waals surface area (Å²) >= 11 is 0. The van der Waals surface area contributed by atoms with Gasteiger partial charge in [0.1, 0.15) is 45.2 Å². The van der Waals surface area contributed by atoms with Crippen molar-refractivity contribution >= 4 is 63.3 Å². The second-order valence-electron chi connectivity index (χ2n) is 9.77. The zero-order chi connectivity index (χ0) is 30.5. The summed E-state index contributed by atoms with van der Waals surface area (Å²) in [4.78, 5) is 51.5. The molecule has 18 heteroatoms. The Kier molecular flexibility index (Phi) is 6.60. The van der Waals surface area contributed by atoms with Crippen molar-refractivity contribution in [3.63, 3.8) is 0 Å². The highest BCUT2D eigenvalue weighted by atomic mass is 35.7. The molecule has 0 N–H and O–H groups in total. The molecule has 0 aromatic heterocycles. The van der Waals surface area contributed by atoms with Crippen LogP contribution in [0.5, 0.6) is 11.5 Å². The smallest absolute Gasteiger partial charge is 0.333 e. The second-order valence-corrected chi connectivity index (χ2v) is 14.8. The van der Waals surface area contributed by atoms with E-state index >= 15 is 0 Å². The summed E-state index contributed by atoms with van der Waals surface area (Å²) in [5, 5.41) is 2.64. The Balaban J connectivity index is 1.59. The van der Waals surface area contributed by atoms with E-state index in [4.69, 9.17) is 40.3 Å². The molecule has 0 aliphatic carbocycles. The minimum absolute atomic E-state index is 0.106. The molecule has 6 unspecified atom stereocenters. The number of hydrogen-bond donors (Lipinski definition) is 0. The van der Waals surface area contributed by atoms with Crippen LogP contribution in [0.15, 0.2) is 46.2 Å². The lowest BCUT2D eigenvalue weighted by molar-refractivity contribution is -0.167. The van der Waals surface area contributed by atoms with Crippen molar-refractivity contribution in [2.75, 3.05) is 14.2 Å². The van der Waals surface area contributed by atoms with Crippen molar-refractivity contribution in [2.45, 2.75) is 34.0 Å². The first kappa shape index (κ1) is 28.8. The first-order valence-corrected chi connectivity index (χ1v) is 16.6. The second kappa shape index (κ2) is 9.62. The fourth-order valence-corrected chi connectivity index (χ4v) is 8.32. The number of esters is 4. The van der Waals surface area contributed by atoms with Crippen LogP contribution < -0.4 is 9.47 Å². The van der Waals surface area contributed by atoms with Crippen LogP contribution in [0.25, 0.3) is 0 Å². The van der Waals surface area contributed by atoms with E-state index in [1.807, 2.05) is 0 Å². The molecule has 6 atom stereocenters. The number of cyclic esters (lactones) is 4. The SMILES string of the molecule is COc1ccc(C2C3C(=O)OC(=O)C3N3C(c4ccc(OC)c(S(=O)(=O)Cl)c4)C4C(=O)OC(=O)C4N23)cc1S(=O)(=O)Cl. The van der Waals surface area contributed by atoms with Gasteiger partial charge in [-0.25, -0.2) is 36.4 Å². The van der Waals surface area contributed by atoms with Crippen molar-refractivity contribution in [3.8, 4) is 11.5 Å². The molecule has 14 nitrogen and oxygen atoms in total. The summed E-state index contributed by atoms with van der Waals surface area (Å²) in [6.07, 6.45) is 0. The van der Waals surface area contributed by atoms with E-state index in [-0.39, 0.29) is 22.6 Å². The lowest BCUT2D eigenvalue weighted by atomic mass is 9.84. The Hall–Kier alpha value is -3.28. The summed E-state index contributed by atoms with van der Waals surface area (Å²) in [6, 6.07) is 2.48. The van der Waals surface area contributed by atoms with Gasteiger partial charge in [0.25, 0.3) is 18.1 Å². The van der Waals surface area contributed by atoms with Gasteiger partial charge in [-0.15, -0.1) is 0 Å². The fraction of sp³-hybridized carbons (Fsp3) is 0.333. The van der Waals surface area contributed by atoms with E-state index in [0.717, 1.165) is 12.1 Å². The normalized spacial score (nSPS) is 29.2. The predicted octanol–water partition coefficient (Wildman–Crippen LogP) is 1.02. The molecule has 4 heterocycles. The first-order chi connectivity index (χ1) is 19.7. The van der Waals surface area contributed by atoms with Crippen LogP contribution >= 0.6 is 21.4 Å². The molecule has 0 spiro atoms. The number of carbonyl (C=O) groups is 4. The van der Waals surface area contributed by atoms with Crippen LogP contribution in [0.3, 0.4) is 0 Å². The van der Waals surface area contributed by atoms with Crippen molar-refractivity contribution in [1.29, 1.82) is 0 Å². The third-order valence-corrected chi connectivity index (χ3v) is 10.5. The summed E-state index contributed by atoms with van der Waals surface area (Å²) in [7, 11) is 4.97. The first-order valence-electron chi connectivity index (χ1n) is 12.0. The third kappa shape index (κ3) is 4.11. The minimum atomic E-state index is -4.38. The molecule has 0 amide bonds. The van der Waals surface area contributed by atoms with Gasteiger partial charge in [0, 0.05) is 21.4 Å². The standard InChI is InChI=1S/C24H18Cl2N2O12S2/c1-37-11-5-3-9(7-13(11)41(25,33)34)17-15-19(23(31)39-21(15)29)28-18(16-20(27(17)28)24(32)40-22(16)30)10-4-6-12(38-2)14(8-10)42(26,35)36/h3-8,15-20H,1-2H3. The van der Waals surface area contributed by atoms with Gasteiger partial charge >= 0.3 is 23.9 Å². The number of hydrazine groups is 1. The van der Waals surface area contributed by atoms with Gasteiger partial charge in [-0.2, -0.15) is 0 Å². The average Bonchev–Trinajstić information content (AvgIpc) is 3.60. The van der Waals surface area contributed by atoms with Crippen molar-refractivity contribution in [3.05, 3.63) is 47.5 Å². The minimum Gasteiger partial charge on any atom is -0.495 e. The lowest BCUT2D eigenvalue weighted by Gasteiger charge is -2.33. The summed E-state index contributed by atoms with van der Waals surface area (Å²) < 4.78 is 69.6. The van der Waals surface area contributed by atoms with Crippen molar-refractivity contribution in [1.82, 2.24) is 10.0 Å². The van der Waals surface area contributed by atoms with E-state index in [2.05, 4.69) is 0 Å². The van der Waals surface area contributed by atoms with Crippen molar-refractivity contribution in [2.24, 2.45) is 11.8 Å². The Morgan fingerprint density at radius 1 is 0.619 bits per heavy atom. The Labute approximate surface area is 246 Å². The van der Waals surface area contributed by atoms with E-state index in [1.165, 1.54) is 48.5 Å². The maximum atomic E-state index is 13.1. The highest BCUT2D eigenvalue weighted by Crippen LogP contribution is 2.59. The molecular weight excluding hydrogens is 643 g/mol. The van der Waals surface area contributed by atoms with Gasteiger partial charge in [0.05, 0.1) is 26.3 Å². The Bertz CT molecular complexity index is 1680. The molecule has 0 bridgehead atoms. The van der Waals surface area contributed by atoms with E-state index in [0.29, 0.717) is 0 Å². The topological polar surface area (TPSA) is 180 Å². The largest absolute Gasteiger partial charge is 0.495 e. The molecule has 0 radical (unpaired) electrons. The number of nitrogens with zero attached hydrogens (tertiary/aromatic N) is 2. The molecule has 4 saturated heterocycles. The molecule has 2 aromatic carbocycles. The maximum Gasteiger partial charge on any atom is 0.333 e. The van der Waals surface area contributed by atoms with Crippen molar-refractivity contribution < 1.29 is 55.0 Å². The van der Waals surface area contributed by atoms with Gasteiger partial charge in [0.2, 0.25) is 0 Å². The monoisotopic (exact) mass is 660 g/mol. The van der Waals surface area contributed by atoms with Crippen LogP contribution in [0.2, 0.25) is 0 Å². The molecule has 6 rings (SSSR count). The van der Waals surface area contributed by atoms with Crippen LogP contribution in [0.4, 0.5) is 0 Å². The lowest BCUT2D eigenvalue weighted by Crippen LogP contribution is -2.45. The van der Waals surface area contributed by atoms with E-state index in [9.17, 15) is 36.0 Å². The van der Waals surface area contributed by atoms with Gasteiger partial charge in [-0.05, 0) is 35.4 Å². The predicted molar refractivity (Wildman–Crippen MR) is 138 cm³/mol. The van der Waals surface area contributed by atoms with Gasteiger partial charge in [-0.3, -0.25) is 9.59 Å². The molecule has 2 aromatic rings. The highest BCUT2D eigenvalue weighted by Gasteiger charge is 2.73. The van der Waals surface area contributed by atoms with Crippen LogP contribution in [-0.2, 0) is 46.8 Å². The molecule has 42 heavy (non-hydrogen) atoms. The van der Waals surface area contributed by atoms with Gasteiger partial charge < -0.3 is 18.9 Å². The van der Waals surface area contributed by atoms with Crippen LogP contribution in [0.1, 0.15) is 23.2 Å². The number of ether oxygens (including phenoxy) is 4. The summed E-state index contributed by atoms with van der Waals surface area (Å²) in [6.45, 7) is 0. The Morgan fingerprint density at radius 2 is 0.976 bits per heavy atom. The molecule has 0 saturated carbocycles. The Morgan fingerprint density at radius 3 is 1.29 bits per heavy atom. The van der Waals surface area contributed by atoms with Crippen LogP contribution in [0, 0.1) is 11.8 Å². The number of methoxy groups -OCH3 is 2.